The smallest absolute Gasteiger partial charge is 0.127 e. The maximum absolute atomic E-state index is 6.32. The van der Waals surface area contributed by atoms with Gasteiger partial charge in [-0.2, -0.15) is 0 Å². The zero-order chi connectivity index (χ0) is 13.5. The number of rotatable bonds is 5. The third-order valence-electron chi connectivity index (χ3n) is 4.27. The van der Waals surface area contributed by atoms with Crippen molar-refractivity contribution in [3.05, 3.63) is 30.1 Å². The molecule has 1 fully saturated rings. The number of halogens is 1. The zero-order valence-electron chi connectivity index (χ0n) is 11.7. The molecular weight excluding hydrogens is 256 g/mol. The zero-order valence-corrected chi connectivity index (χ0v) is 12.5. The summed E-state index contributed by atoms with van der Waals surface area (Å²) in [4.78, 5) is 4.72. The third-order valence-corrected chi connectivity index (χ3v) is 4.47. The molecule has 1 unspecified atom stereocenters. The van der Waals surface area contributed by atoms with Crippen LogP contribution in [0.4, 0.5) is 0 Å². The van der Waals surface area contributed by atoms with Crippen LogP contribution in [-0.2, 0) is 6.54 Å². The minimum atomic E-state index is -0.0372. The van der Waals surface area contributed by atoms with Crippen molar-refractivity contribution in [1.82, 2.24) is 9.55 Å². The summed E-state index contributed by atoms with van der Waals surface area (Å²) in [7, 11) is 0. The van der Waals surface area contributed by atoms with Crippen molar-refractivity contribution in [1.29, 1.82) is 0 Å². The van der Waals surface area contributed by atoms with Crippen LogP contribution >= 0.6 is 11.6 Å². The number of alkyl halides is 1. The number of para-hydroxylation sites is 2. The molecule has 102 valence electrons. The molecule has 0 radical (unpaired) electrons. The van der Waals surface area contributed by atoms with Gasteiger partial charge in [-0.05, 0) is 43.7 Å². The molecule has 0 amide bonds. The maximum Gasteiger partial charge on any atom is 0.127 e. The quantitative estimate of drug-likeness (QED) is 0.709. The van der Waals surface area contributed by atoms with E-state index in [1.54, 1.807) is 0 Å². The molecule has 3 rings (SSSR count). The van der Waals surface area contributed by atoms with Crippen LogP contribution in [0.2, 0.25) is 0 Å². The van der Waals surface area contributed by atoms with Crippen LogP contribution in [0.1, 0.15) is 50.7 Å². The van der Waals surface area contributed by atoms with Crippen LogP contribution in [0.25, 0.3) is 11.0 Å². The van der Waals surface area contributed by atoms with E-state index < -0.39 is 0 Å². The molecule has 0 N–H and O–H groups in total. The maximum atomic E-state index is 6.32. The number of imidazole rings is 1. The molecule has 1 saturated carbocycles. The van der Waals surface area contributed by atoms with Gasteiger partial charge in [-0.1, -0.05) is 25.5 Å². The molecule has 19 heavy (non-hydrogen) atoms. The van der Waals surface area contributed by atoms with Crippen molar-refractivity contribution in [2.45, 2.75) is 51.5 Å². The topological polar surface area (TPSA) is 17.8 Å². The summed E-state index contributed by atoms with van der Waals surface area (Å²) in [5.41, 5.74) is 2.81. The van der Waals surface area contributed by atoms with Crippen molar-refractivity contribution < 1.29 is 0 Å². The summed E-state index contributed by atoms with van der Waals surface area (Å²) in [6.07, 6.45) is 5.28. The van der Waals surface area contributed by atoms with E-state index in [0.717, 1.165) is 17.9 Å². The van der Waals surface area contributed by atoms with Crippen LogP contribution in [0.3, 0.4) is 0 Å². The van der Waals surface area contributed by atoms with E-state index in [-0.39, 0.29) is 5.38 Å². The highest BCUT2D eigenvalue weighted by Crippen LogP contribution is 2.51. The molecule has 1 aliphatic carbocycles. The van der Waals surface area contributed by atoms with Crippen molar-refractivity contribution in [3.8, 4) is 0 Å². The van der Waals surface area contributed by atoms with Gasteiger partial charge in [-0.3, -0.25) is 0 Å². The normalized spacial score (nSPS) is 18.7. The average molecular weight is 277 g/mol. The number of benzene rings is 1. The fraction of sp³-hybridized carbons (Fsp3) is 0.562. The summed E-state index contributed by atoms with van der Waals surface area (Å²) >= 11 is 6.32. The number of fused-ring (bicyclic) bond motifs is 1. The lowest BCUT2D eigenvalue weighted by atomic mass is 10.0. The van der Waals surface area contributed by atoms with Gasteiger partial charge in [-0.15, -0.1) is 11.6 Å². The first-order valence-corrected chi connectivity index (χ1v) is 7.68. The highest BCUT2D eigenvalue weighted by Gasteiger charge is 2.42. The van der Waals surface area contributed by atoms with E-state index in [9.17, 15) is 0 Å². The summed E-state index contributed by atoms with van der Waals surface area (Å²) in [6, 6.07) is 8.37. The highest BCUT2D eigenvalue weighted by molar-refractivity contribution is 6.20. The molecule has 1 aromatic carbocycles. The Hall–Kier alpha value is -1.02. The van der Waals surface area contributed by atoms with E-state index in [1.165, 1.54) is 31.2 Å². The first-order chi connectivity index (χ1) is 9.15. The molecule has 2 nitrogen and oxygen atoms in total. The number of aromatic nitrogens is 2. The monoisotopic (exact) mass is 276 g/mol. The van der Waals surface area contributed by atoms with Gasteiger partial charge >= 0.3 is 0 Å². The lowest BCUT2D eigenvalue weighted by Gasteiger charge is -2.18. The van der Waals surface area contributed by atoms with Gasteiger partial charge in [0.15, 0.2) is 0 Å². The summed E-state index contributed by atoms with van der Waals surface area (Å²) < 4.78 is 2.36. The third kappa shape index (κ3) is 2.38. The Labute approximate surface area is 119 Å². The minimum Gasteiger partial charge on any atom is -0.326 e. The van der Waals surface area contributed by atoms with Gasteiger partial charge in [-0.25, -0.2) is 4.98 Å². The predicted octanol–water partition coefficient (Wildman–Crippen LogP) is 4.92. The molecule has 1 heterocycles. The lowest BCUT2D eigenvalue weighted by molar-refractivity contribution is 0.387. The van der Waals surface area contributed by atoms with Crippen molar-refractivity contribution >= 4 is 22.6 Å². The lowest BCUT2D eigenvalue weighted by Crippen LogP contribution is -2.14. The fourth-order valence-electron chi connectivity index (χ4n) is 3.09. The van der Waals surface area contributed by atoms with E-state index in [2.05, 4.69) is 29.7 Å². The van der Waals surface area contributed by atoms with E-state index in [1.807, 2.05) is 13.0 Å². The van der Waals surface area contributed by atoms with Crippen LogP contribution in [0, 0.1) is 5.41 Å². The largest absolute Gasteiger partial charge is 0.326 e. The van der Waals surface area contributed by atoms with Crippen LogP contribution < -0.4 is 0 Å². The number of hydrogen-bond acceptors (Lipinski definition) is 1. The standard InChI is InChI=1S/C16H21ClN2/c1-3-8-16(9-10-16)11-19-14-7-5-4-6-13(14)18-15(19)12(2)17/h4-7,12H,3,8-11H2,1-2H3. The second-order valence-electron chi connectivity index (χ2n) is 5.91. The Balaban J connectivity index is 2.03. The second-order valence-corrected chi connectivity index (χ2v) is 6.57. The van der Waals surface area contributed by atoms with Gasteiger partial charge in [0.25, 0.3) is 0 Å². The van der Waals surface area contributed by atoms with Crippen molar-refractivity contribution in [2.75, 3.05) is 0 Å². The van der Waals surface area contributed by atoms with E-state index in [0.29, 0.717) is 5.41 Å². The Kier molecular flexibility index (Phi) is 3.30. The molecule has 0 bridgehead atoms. The molecule has 1 aromatic heterocycles. The SMILES string of the molecule is CCCC1(Cn2c(C(C)Cl)nc3ccccc32)CC1. The Morgan fingerprint density at radius 2 is 2.11 bits per heavy atom. The van der Waals surface area contributed by atoms with E-state index >= 15 is 0 Å². The summed E-state index contributed by atoms with van der Waals surface area (Å²) in [5, 5.41) is -0.0372. The van der Waals surface area contributed by atoms with Crippen LogP contribution in [0.5, 0.6) is 0 Å². The Morgan fingerprint density at radius 1 is 1.37 bits per heavy atom. The molecule has 1 atom stereocenters. The van der Waals surface area contributed by atoms with Crippen molar-refractivity contribution in [2.24, 2.45) is 5.41 Å². The molecule has 1 aliphatic rings. The van der Waals surface area contributed by atoms with Gasteiger partial charge in [0, 0.05) is 6.54 Å². The molecule has 0 aliphatic heterocycles. The molecule has 0 saturated heterocycles. The number of nitrogens with zero attached hydrogens (tertiary/aromatic N) is 2. The number of hydrogen-bond donors (Lipinski definition) is 0. The molecule has 2 aromatic rings. The minimum absolute atomic E-state index is 0.0372. The first kappa shape index (κ1) is 13.0. The van der Waals surface area contributed by atoms with Crippen LogP contribution in [0.15, 0.2) is 24.3 Å². The van der Waals surface area contributed by atoms with Gasteiger partial charge < -0.3 is 4.57 Å². The second kappa shape index (κ2) is 4.82. The van der Waals surface area contributed by atoms with E-state index in [4.69, 9.17) is 16.6 Å². The molecular formula is C16H21ClN2. The molecule has 0 spiro atoms. The Bertz CT molecular complexity index is 581. The van der Waals surface area contributed by atoms with Gasteiger partial charge in [0.1, 0.15) is 5.82 Å². The predicted molar refractivity (Wildman–Crippen MR) is 80.6 cm³/mol. The van der Waals surface area contributed by atoms with Crippen LogP contribution in [-0.4, -0.2) is 9.55 Å². The first-order valence-electron chi connectivity index (χ1n) is 7.24. The Morgan fingerprint density at radius 3 is 2.74 bits per heavy atom. The summed E-state index contributed by atoms with van der Waals surface area (Å²) in [6.45, 7) is 5.36. The van der Waals surface area contributed by atoms with Gasteiger partial charge in [0.05, 0.1) is 16.4 Å². The highest BCUT2D eigenvalue weighted by atomic mass is 35.5. The van der Waals surface area contributed by atoms with Crippen molar-refractivity contribution in [3.63, 3.8) is 0 Å². The average Bonchev–Trinajstić information content (AvgIpc) is 3.04. The molecule has 3 heteroatoms. The fourth-order valence-corrected chi connectivity index (χ4v) is 3.26. The summed E-state index contributed by atoms with van der Waals surface area (Å²) in [5.74, 6) is 1.02. The van der Waals surface area contributed by atoms with Gasteiger partial charge in [0.2, 0.25) is 0 Å².